The zero-order valence-corrected chi connectivity index (χ0v) is 17.1. The first kappa shape index (κ1) is 18.2. The number of nitrogens with zero attached hydrogens (tertiary/aromatic N) is 4. The highest BCUT2D eigenvalue weighted by molar-refractivity contribution is 6.33. The fourth-order valence-corrected chi connectivity index (χ4v) is 4.19. The van der Waals surface area contributed by atoms with E-state index >= 15 is 0 Å². The van der Waals surface area contributed by atoms with Crippen LogP contribution in [0.4, 0.5) is 5.69 Å². The second kappa shape index (κ2) is 6.90. The largest absolute Gasteiger partial charge is 0.422 e. The third kappa shape index (κ3) is 3.18. The number of likely N-dealkylation sites (N-methyl/N-ethyl adjacent to an activating group) is 1. The summed E-state index contributed by atoms with van der Waals surface area (Å²) in [4.78, 5) is 21.8. The van der Waals surface area contributed by atoms with Crippen LogP contribution in [0.2, 0.25) is 5.02 Å². The lowest BCUT2D eigenvalue weighted by molar-refractivity contribution is 0.315. The molecule has 0 bridgehead atoms. The summed E-state index contributed by atoms with van der Waals surface area (Å²) in [6.45, 7) is 1.97. The fraction of sp³-hybridized carbons (Fsp3) is 0.273. The minimum Gasteiger partial charge on any atom is -0.422 e. The van der Waals surface area contributed by atoms with Crippen LogP contribution in [0.1, 0.15) is 6.42 Å². The summed E-state index contributed by atoms with van der Waals surface area (Å²) in [6, 6.07) is 12.0. The SMILES string of the molecule is CN(C)C1CCN(c2ccc3cc(-c4cn5cccc(Cl)c5n4)c(=O)oc3c2)C1. The van der Waals surface area contributed by atoms with Crippen LogP contribution < -0.4 is 10.5 Å². The number of halogens is 1. The highest BCUT2D eigenvalue weighted by Gasteiger charge is 2.24. The molecule has 0 aliphatic carbocycles. The van der Waals surface area contributed by atoms with Gasteiger partial charge in [-0.25, -0.2) is 9.78 Å². The Kier molecular flexibility index (Phi) is 4.33. The molecule has 1 saturated heterocycles. The number of hydrogen-bond donors (Lipinski definition) is 0. The lowest BCUT2D eigenvalue weighted by atomic mass is 10.1. The Balaban J connectivity index is 1.53. The molecule has 0 spiro atoms. The van der Waals surface area contributed by atoms with Gasteiger partial charge in [0.15, 0.2) is 5.65 Å². The van der Waals surface area contributed by atoms with Crippen molar-refractivity contribution >= 4 is 33.9 Å². The van der Waals surface area contributed by atoms with E-state index in [1.54, 1.807) is 16.7 Å². The van der Waals surface area contributed by atoms with E-state index in [9.17, 15) is 4.79 Å². The normalized spacial score (nSPS) is 17.1. The molecule has 7 heteroatoms. The summed E-state index contributed by atoms with van der Waals surface area (Å²) >= 11 is 6.21. The number of pyridine rings is 1. The van der Waals surface area contributed by atoms with Gasteiger partial charge in [0.2, 0.25) is 0 Å². The highest BCUT2D eigenvalue weighted by Crippen LogP contribution is 2.28. The van der Waals surface area contributed by atoms with E-state index in [2.05, 4.69) is 34.9 Å². The number of benzene rings is 1. The van der Waals surface area contributed by atoms with Crippen LogP contribution >= 0.6 is 11.6 Å². The molecule has 1 aromatic carbocycles. The van der Waals surface area contributed by atoms with Crippen molar-refractivity contribution in [3.05, 3.63) is 64.2 Å². The number of rotatable bonds is 3. The van der Waals surface area contributed by atoms with Crippen molar-refractivity contribution in [3.63, 3.8) is 0 Å². The van der Waals surface area contributed by atoms with Crippen molar-refractivity contribution in [2.45, 2.75) is 12.5 Å². The molecule has 29 heavy (non-hydrogen) atoms. The maximum absolute atomic E-state index is 12.7. The van der Waals surface area contributed by atoms with Crippen LogP contribution in [0.25, 0.3) is 27.9 Å². The van der Waals surface area contributed by atoms with Gasteiger partial charge in [0.25, 0.3) is 0 Å². The molecule has 1 fully saturated rings. The third-order valence-corrected chi connectivity index (χ3v) is 5.98. The molecule has 3 aromatic heterocycles. The number of hydrogen-bond acceptors (Lipinski definition) is 5. The molecule has 1 unspecified atom stereocenters. The summed E-state index contributed by atoms with van der Waals surface area (Å²) in [6.07, 6.45) is 4.77. The molecule has 1 aliphatic heterocycles. The van der Waals surface area contributed by atoms with Gasteiger partial charge in [-0.15, -0.1) is 0 Å². The predicted octanol–water partition coefficient (Wildman–Crippen LogP) is 3.90. The van der Waals surface area contributed by atoms with Gasteiger partial charge in [-0.3, -0.25) is 0 Å². The molecule has 5 rings (SSSR count). The lowest BCUT2D eigenvalue weighted by Crippen LogP contribution is -2.31. The van der Waals surface area contributed by atoms with Crippen LogP contribution in [-0.4, -0.2) is 47.5 Å². The average molecular weight is 409 g/mol. The Labute approximate surface area is 172 Å². The van der Waals surface area contributed by atoms with Gasteiger partial charge < -0.3 is 18.6 Å². The second-order valence-electron chi connectivity index (χ2n) is 7.73. The predicted molar refractivity (Wildman–Crippen MR) is 116 cm³/mol. The van der Waals surface area contributed by atoms with Crippen LogP contribution in [-0.2, 0) is 0 Å². The summed E-state index contributed by atoms with van der Waals surface area (Å²) in [7, 11) is 4.23. The van der Waals surface area contributed by atoms with Crippen LogP contribution in [0.15, 0.2) is 58.0 Å². The smallest absolute Gasteiger partial charge is 0.345 e. The minimum atomic E-state index is -0.401. The van der Waals surface area contributed by atoms with Crippen molar-refractivity contribution in [3.8, 4) is 11.3 Å². The molecular weight excluding hydrogens is 388 g/mol. The quantitative estimate of drug-likeness (QED) is 0.481. The first-order chi connectivity index (χ1) is 14.0. The molecule has 0 N–H and O–H groups in total. The van der Waals surface area contributed by atoms with Gasteiger partial charge in [0, 0.05) is 48.7 Å². The van der Waals surface area contributed by atoms with Crippen molar-refractivity contribution in [2.75, 3.05) is 32.1 Å². The number of anilines is 1. The van der Waals surface area contributed by atoms with Crippen molar-refractivity contribution in [2.24, 2.45) is 0 Å². The molecule has 4 heterocycles. The number of imidazole rings is 1. The van der Waals surface area contributed by atoms with Crippen molar-refractivity contribution in [1.29, 1.82) is 0 Å². The van der Waals surface area contributed by atoms with E-state index in [0.29, 0.717) is 33.6 Å². The van der Waals surface area contributed by atoms with E-state index in [1.807, 2.05) is 30.5 Å². The Morgan fingerprint density at radius 3 is 2.86 bits per heavy atom. The first-order valence-electron chi connectivity index (χ1n) is 9.62. The van der Waals surface area contributed by atoms with Crippen molar-refractivity contribution < 1.29 is 4.42 Å². The maximum Gasteiger partial charge on any atom is 0.345 e. The molecule has 4 aromatic rings. The zero-order valence-electron chi connectivity index (χ0n) is 16.3. The summed E-state index contributed by atoms with van der Waals surface area (Å²) < 4.78 is 7.48. The topological polar surface area (TPSA) is 54.0 Å². The molecule has 1 atom stereocenters. The van der Waals surface area contributed by atoms with Gasteiger partial charge >= 0.3 is 5.63 Å². The van der Waals surface area contributed by atoms with Crippen LogP contribution in [0, 0.1) is 0 Å². The lowest BCUT2D eigenvalue weighted by Gasteiger charge is -2.22. The van der Waals surface area contributed by atoms with Gasteiger partial charge in [0.1, 0.15) is 5.58 Å². The highest BCUT2D eigenvalue weighted by atomic mass is 35.5. The number of fused-ring (bicyclic) bond motifs is 2. The van der Waals surface area contributed by atoms with Gasteiger partial charge in [0.05, 0.1) is 16.3 Å². The molecular formula is C22H21ClN4O2. The maximum atomic E-state index is 12.7. The molecule has 6 nitrogen and oxygen atoms in total. The van der Waals surface area contributed by atoms with E-state index in [0.717, 1.165) is 30.6 Å². The summed E-state index contributed by atoms with van der Waals surface area (Å²) in [5, 5.41) is 1.41. The van der Waals surface area contributed by atoms with E-state index in [-0.39, 0.29) is 0 Å². The summed E-state index contributed by atoms with van der Waals surface area (Å²) in [5.74, 6) is 0. The molecule has 1 aliphatic rings. The Bertz CT molecular complexity index is 1280. The molecule has 0 amide bonds. The van der Waals surface area contributed by atoms with Gasteiger partial charge in [-0.05, 0) is 50.8 Å². The van der Waals surface area contributed by atoms with Crippen molar-refractivity contribution in [1.82, 2.24) is 14.3 Å². The van der Waals surface area contributed by atoms with Gasteiger partial charge in [-0.2, -0.15) is 0 Å². The van der Waals surface area contributed by atoms with Gasteiger partial charge in [-0.1, -0.05) is 11.6 Å². The third-order valence-electron chi connectivity index (χ3n) is 5.69. The average Bonchev–Trinajstić information content (AvgIpc) is 3.35. The summed E-state index contributed by atoms with van der Waals surface area (Å²) in [5.41, 5.74) is 2.86. The van der Waals surface area contributed by atoms with E-state index < -0.39 is 5.63 Å². The Morgan fingerprint density at radius 1 is 1.24 bits per heavy atom. The second-order valence-corrected chi connectivity index (χ2v) is 8.14. The first-order valence-corrected chi connectivity index (χ1v) is 10.0. The molecule has 0 radical (unpaired) electrons. The fourth-order valence-electron chi connectivity index (χ4n) is 3.98. The monoisotopic (exact) mass is 408 g/mol. The Morgan fingerprint density at radius 2 is 2.10 bits per heavy atom. The minimum absolute atomic E-state index is 0.401. The van der Waals surface area contributed by atoms with E-state index in [1.165, 1.54) is 0 Å². The van der Waals surface area contributed by atoms with Crippen LogP contribution in [0.3, 0.4) is 0 Å². The van der Waals surface area contributed by atoms with E-state index in [4.69, 9.17) is 16.0 Å². The zero-order chi connectivity index (χ0) is 20.1. The molecule has 148 valence electrons. The molecule has 0 saturated carbocycles. The standard InChI is InChI=1S/C22H21ClN4O2/c1-25(2)16-7-9-26(12-16)15-6-5-14-10-17(22(28)29-20(14)11-15)19-13-27-8-3-4-18(23)21(27)24-19/h3-6,8,10-11,13,16H,7,9,12H2,1-2H3. The Hall–Kier alpha value is -2.83. The van der Waals surface area contributed by atoms with Crippen LogP contribution in [0.5, 0.6) is 0 Å². The number of aromatic nitrogens is 2.